The number of carbonyl (C=O) groups excluding carboxylic acids is 2. The standard InChI is InChI=1S/C14H14N4O3/c19-13(17-11-3-4-11)7-21-14(20)10-1-5-12(6-2-10)18-9-15-8-16-18/h1-2,5-6,8-9,11H,3-4,7H2,(H,17,19). The zero-order valence-electron chi connectivity index (χ0n) is 11.2. The fraction of sp³-hybridized carbons (Fsp3) is 0.286. The Morgan fingerprint density at radius 1 is 1.29 bits per heavy atom. The van der Waals surface area contributed by atoms with Gasteiger partial charge in [-0.1, -0.05) is 0 Å². The third kappa shape index (κ3) is 3.44. The fourth-order valence-corrected chi connectivity index (χ4v) is 1.80. The molecule has 21 heavy (non-hydrogen) atoms. The van der Waals surface area contributed by atoms with E-state index in [2.05, 4.69) is 15.4 Å². The van der Waals surface area contributed by atoms with Gasteiger partial charge in [-0.05, 0) is 37.1 Å². The third-order valence-corrected chi connectivity index (χ3v) is 3.06. The van der Waals surface area contributed by atoms with Crippen molar-refractivity contribution in [1.82, 2.24) is 20.1 Å². The highest BCUT2D eigenvalue weighted by atomic mass is 16.5. The summed E-state index contributed by atoms with van der Waals surface area (Å²) in [4.78, 5) is 27.1. The van der Waals surface area contributed by atoms with Crippen LogP contribution in [0.25, 0.3) is 5.69 Å². The Balaban J connectivity index is 1.55. The van der Waals surface area contributed by atoms with E-state index in [1.165, 1.54) is 6.33 Å². The number of nitrogens with one attached hydrogen (secondary N) is 1. The van der Waals surface area contributed by atoms with Gasteiger partial charge in [-0.15, -0.1) is 0 Å². The molecule has 0 atom stereocenters. The van der Waals surface area contributed by atoms with Gasteiger partial charge in [0, 0.05) is 6.04 Å². The quantitative estimate of drug-likeness (QED) is 0.818. The molecule has 0 bridgehead atoms. The van der Waals surface area contributed by atoms with Crippen LogP contribution >= 0.6 is 0 Å². The summed E-state index contributed by atoms with van der Waals surface area (Å²) >= 11 is 0. The summed E-state index contributed by atoms with van der Waals surface area (Å²) in [5, 5.41) is 6.74. The largest absolute Gasteiger partial charge is 0.452 e. The van der Waals surface area contributed by atoms with Gasteiger partial charge in [0.05, 0.1) is 11.3 Å². The minimum absolute atomic E-state index is 0.250. The van der Waals surface area contributed by atoms with Gasteiger partial charge in [0.25, 0.3) is 5.91 Å². The summed E-state index contributed by atoms with van der Waals surface area (Å²) in [6.07, 6.45) is 5.00. The van der Waals surface area contributed by atoms with E-state index in [-0.39, 0.29) is 18.6 Å². The Morgan fingerprint density at radius 3 is 2.67 bits per heavy atom. The number of carbonyl (C=O) groups is 2. The second kappa shape index (κ2) is 5.74. The first-order chi connectivity index (χ1) is 10.2. The molecule has 1 aromatic heterocycles. The van der Waals surface area contributed by atoms with E-state index < -0.39 is 5.97 Å². The van der Waals surface area contributed by atoms with Gasteiger partial charge in [0.1, 0.15) is 12.7 Å². The molecule has 7 heteroatoms. The molecule has 0 radical (unpaired) electrons. The molecule has 1 N–H and O–H groups in total. The van der Waals surface area contributed by atoms with Crippen molar-refractivity contribution in [1.29, 1.82) is 0 Å². The van der Waals surface area contributed by atoms with Gasteiger partial charge in [0.15, 0.2) is 6.61 Å². The first kappa shape index (κ1) is 13.3. The van der Waals surface area contributed by atoms with E-state index in [4.69, 9.17) is 4.74 Å². The van der Waals surface area contributed by atoms with Crippen molar-refractivity contribution >= 4 is 11.9 Å². The molecule has 1 saturated carbocycles. The second-order valence-electron chi connectivity index (χ2n) is 4.80. The minimum atomic E-state index is -0.522. The average Bonchev–Trinajstić information content (AvgIpc) is 3.15. The number of ether oxygens (including phenoxy) is 1. The molecule has 0 unspecified atom stereocenters. The third-order valence-electron chi connectivity index (χ3n) is 3.06. The van der Waals surface area contributed by atoms with Crippen LogP contribution in [0.15, 0.2) is 36.9 Å². The van der Waals surface area contributed by atoms with E-state index in [9.17, 15) is 9.59 Å². The summed E-state index contributed by atoms with van der Waals surface area (Å²) in [5.41, 5.74) is 1.17. The lowest BCUT2D eigenvalue weighted by Crippen LogP contribution is -2.30. The van der Waals surface area contributed by atoms with Crippen molar-refractivity contribution in [2.24, 2.45) is 0 Å². The topological polar surface area (TPSA) is 86.1 Å². The van der Waals surface area contributed by atoms with Crippen molar-refractivity contribution in [3.63, 3.8) is 0 Å². The molecular weight excluding hydrogens is 272 g/mol. The predicted octanol–water partition coefficient (Wildman–Crippen LogP) is 0.703. The van der Waals surface area contributed by atoms with Crippen LogP contribution < -0.4 is 5.32 Å². The van der Waals surface area contributed by atoms with Gasteiger partial charge >= 0.3 is 5.97 Å². The summed E-state index contributed by atoms with van der Waals surface area (Å²) in [6, 6.07) is 6.97. The zero-order chi connectivity index (χ0) is 14.7. The molecule has 108 valence electrons. The highest BCUT2D eigenvalue weighted by Crippen LogP contribution is 2.18. The maximum Gasteiger partial charge on any atom is 0.338 e. The first-order valence-corrected chi connectivity index (χ1v) is 6.64. The van der Waals surface area contributed by atoms with Gasteiger partial charge in [-0.3, -0.25) is 4.79 Å². The lowest BCUT2D eigenvalue weighted by atomic mass is 10.2. The Bertz CT molecular complexity index is 633. The summed E-state index contributed by atoms with van der Waals surface area (Å²) < 4.78 is 6.54. The number of aromatic nitrogens is 3. The average molecular weight is 286 g/mol. The van der Waals surface area contributed by atoms with E-state index in [0.29, 0.717) is 5.56 Å². The molecule has 1 heterocycles. The Morgan fingerprint density at radius 2 is 2.05 bits per heavy atom. The number of benzene rings is 1. The molecule has 1 amide bonds. The fourth-order valence-electron chi connectivity index (χ4n) is 1.80. The maximum absolute atomic E-state index is 11.8. The number of esters is 1. The highest BCUT2D eigenvalue weighted by Gasteiger charge is 2.23. The Labute approximate surface area is 120 Å². The van der Waals surface area contributed by atoms with Crippen LogP contribution in [0.3, 0.4) is 0 Å². The van der Waals surface area contributed by atoms with Crippen LogP contribution in [0.5, 0.6) is 0 Å². The lowest BCUT2D eigenvalue weighted by molar-refractivity contribution is -0.124. The second-order valence-corrected chi connectivity index (χ2v) is 4.80. The van der Waals surface area contributed by atoms with Crippen molar-refractivity contribution in [3.8, 4) is 5.69 Å². The van der Waals surface area contributed by atoms with Gasteiger partial charge < -0.3 is 10.1 Å². The SMILES string of the molecule is O=C(COC(=O)c1ccc(-n2cncn2)cc1)NC1CC1. The van der Waals surface area contributed by atoms with Crippen LogP contribution in [-0.4, -0.2) is 39.3 Å². The number of nitrogens with zero attached hydrogens (tertiary/aromatic N) is 3. The molecule has 0 aliphatic heterocycles. The minimum Gasteiger partial charge on any atom is -0.452 e. The highest BCUT2D eigenvalue weighted by molar-refractivity contribution is 5.91. The summed E-state index contributed by atoms with van der Waals surface area (Å²) in [6.45, 7) is -0.250. The molecule has 3 rings (SSSR count). The number of amides is 1. The number of hydrogen-bond donors (Lipinski definition) is 1. The van der Waals surface area contributed by atoms with Gasteiger partial charge in [0.2, 0.25) is 0 Å². The van der Waals surface area contributed by atoms with Crippen LogP contribution in [-0.2, 0) is 9.53 Å². The Kier molecular flexibility index (Phi) is 3.63. The zero-order valence-corrected chi connectivity index (χ0v) is 11.2. The molecule has 2 aromatic rings. The lowest BCUT2D eigenvalue weighted by Gasteiger charge is -2.06. The van der Waals surface area contributed by atoms with Crippen LogP contribution in [0.1, 0.15) is 23.2 Å². The summed E-state index contributed by atoms with van der Waals surface area (Å²) in [5.74, 6) is -0.781. The maximum atomic E-state index is 11.8. The van der Waals surface area contributed by atoms with Crippen LogP contribution in [0.4, 0.5) is 0 Å². The molecule has 1 aromatic carbocycles. The molecule has 7 nitrogen and oxygen atoms in total. The number of rotatable bonds is 5. The van der Waals surface area contributed by atoms with E-state index in [1.54, 1.807) is 35.3 Å². The molecule has 0 saturated heterocycles. The van der Waals surface area contributed by atoms with Crippen molar-refractivity contribution in [2.45, 2.75) is 18.9 Å². The van der Waals surface area contributed by atoms with Crippen molar-refractivity contribution in [2.75, 3.05) is 6.61 Å². The van der Waals surface area contributed by atoms with Crippen molar-refractivity contribution in [3.05, 3.63) is 42.5 Å². The van der Waals surface area contributed by atoms with E-state index in [1.807, 2.05) is 0 Å². The Hall–Kier alpha value is -2.70. The monoisotopic (exact) mass is 286 g/mol. The summed E-state index contributed by atoms with van der Waals surface area (Å²) in [7, 11) is 0. The molecule has 1 fully saturated rings. The predicted molar refractivity (Wildman–Crippen MR) is 72.8 cm³/mol. The molecule has 1 aliphatic rings. The van der Waals surface area contributed by atoms with E-state index in [0.717, 1.165) is 18.5 Å². The van der Waals surface area contributed by atoms with Gasteiger partial charge in [-0.2, -0.15) is 5.10 Å². The number of hydrogen-bond acceptors (Lipinski definition) is 5. The molecule has 0 spiro atoms. The van der Waals surface area contributed by atoms with Crippen LogP contribution in [0.2, 0.25) is 0 Å². The smallest absolute Gasteiger partial charge is 0.338 e. The first-order valence-electron chi connectivity index (χ1n) is 6.64. The molecule has 1 aliphatic carbocycles. The van der Waals surface area contributed by atoms with Crippen LogP contribution in [0, 0.1) is 0 Å². The van der Waals surface area contributed by atoms with Crippen molar-refractivity contribution < 1.29 is 14.3 Å². The van der Waals surface area contributed by atoms with Gasteiger partial charge in [-0.25, -0.2) is 14.5 Å². The van der Waals surface area contributed by atoms with E-state index >= 15 is 0 Å². The molecular formula is C14H14N4O3. The normalized spacial score (nSPS) is 13.7.